The summed E-state index contributed by atoms with van der Waals surface area (Å²) in [7, 11) is 0. The molecule has 1 aliphatic carbocycles. The van der Waals surface area contributed by atoms with Gasteiger partial charge in [-0.05, 0) is 66.3 Å². The minimum atomic E-state index is -3.17. The van der Waals surface area contributed by atoms with Gasteiger partial charge in [-0.25, -0.2) is 13.2 Å². The molecule has 30 heavy (non-hydrogen) atoms. The second-order valence-electron chi connectivity index (χ2n) is 9.13. The van der Waals surface area contributed by atoms with Crippen LogP contribution < -0.4 is 0 Å². The molecule has 0 spiro atoms. The van der Waals surface area contributed by atoms with E-state index in [2.05, 4.69) is 19.1 Å². The number of benzene rings is 2. The summed E-state index contributed by atoms with van der Waals surface area (Å²) in [5.41, 5.74) is 2.30. The molecular weight excluding hydrogens is 381 g/mol. The highest BCUT2D eigenvalue weighted by Crippen LogP contribution is 2.38. The molecule has 1 saturated carbocycles. The minimum Gasteiger partial charge on any atom is -0.206 e. The van der Waals surface area contributed by atoms with Crippen LogP contribution in [0.1, 0.15) is 95.1 Å². The van der Waals surface area contributed by atoms with Gasteiger partial charge < -0.3 is 0 Å². The van der Waals surface area contributed by atoms with Gasteiger partial charge in [0.2, 0.25) is 0 Å². The fourth-order valence-electron chi connectivity index (χ4n) is 4.82. The molecule has 3 heteroatoms. The molecule has 2 aromatic rings. The van der Waals surface area contributed by atoms with Crippen molar-refractivity contribution < 1.29 is 13.2 Å². The molecule has 164 valence electrons. The third-order valence-electron chi connectivity index (χ3n) is 6.72. The van der Waals surface area contributed by atoms with Crippen molar-refractivity contribution in [2.45, 2.75) is 89.9 Å². The molecule has 0 N–H and O–H groups in total. The smallest absolute Gasteiger partial charge is 0.206 e. The van der Waals surface area contributed by atoms with Crippen molar-refractivity contribution in [3.63, 3.8) is 0 Å². The minimum absolute atomic E-state index is 0.551. The molecule has 2 aromatic carbocycles. The highest BCUT2D eigenvalue weighted by Gasteiger charge is 2.28. The van der Waals surface area contributed by atoms with E-state index in [0.717, 1.165) is 18.4 Å². The highest BCUT2D eigenvalue weighted by molar-refractivity contribution is 5.64. The molecule has 0 aliphatic heterocycles. The summed E-state index contributed by atoms with van der Waals surface area (Å²) in [6.45, 7) is 2.98. The van der Waals surface area contributed by atoms with Crippen LogP contribution in [-0.4, -0.2) is 0 Å². The first-order chi connectivity index (χ1) is 14.4. The topological polar surface area (TPSA) is 0 Å². The van der Waals surface area contributed by atoms with E-state index in [4.69, 9.17) is 0 Å². The van der Waals surface area contributed by atoms with Gasteiger partial charge in [0.25, 0.3) is 5.92 Å². The second kappa shape index (κ2) is 10.5. The van der Waals surface area contributed by atoms with Crippen LogP contribution in [0.3, 0.4) is 0 Å². The Kier molecular flexibility index (Phi) is 8.02. The van der Waals surface area contributed by atoms with Crippen LogP contribution in [0.2, 0.25) is 0 Å². The van der Waals surface area contributed by atoms with E-state index in [0.29, 0.717) is 11.5 Å². The lowest BCUT2D eigenvalue weighted by molar-refractivity contribution is 0.0138. The third kappa shape index (κ3) is 6.12. The molecule has 0 atom stereocenters. The van der Waals surface area contributed by atoms with Gasteiger partial charge in [0.05, 0.1) is 5.56 Å². The standard InChI is InChI=1S/C27H35F3/c1-3-4-5-6-7-8-20-9-11-21(12-10-20)22-13-15-23(16-14-22)24-17-18-25(26(28)19-24)27(2,29)30/h13-21H,3-12H2,1-2H3/t20-,21-. The Morgan fingerprint density at radius 2 is 1.47 bits per heavy atom. The van der Waals surface area contributed by atoms with Gasteiger partial charge in [0.15, 0.2) is 0 Å². The van der Waals surface area contributed by atoms with Crippen molar-refractivity contribution in [3.8, 4) is 11.1 Å². The fourth-order valence-corrected chi connectivity index (χ4v) is 4.82. The largest absolute Gasteiger partial charge is 0.273 e. The zero-order valence-electron chi connectivity index (χ0n) is 18.4. The third-order valence-corrected chi connectivity index (χ3v) is 6.72. The zero-order chi connectivity index (χ0) is 21.6. The van der Waals surface area contributed by atoms with Gasteiger partial charge in [-0.1, -0.05) is 75.8 Å². The van der Waals surface area contributed by atoms with E-state index in [9.17, 15) is 13.2 Å². The summed E-state index contributed by atoms with van der Waals surface area (Å²) in [5.74, 6) is -2.52. The monoisotopic (exact) mass is 416 g/mol. The lowest BCUT2D eigenvalue weighted by Crippen LogP contribution is -2.13. The summed E-state index contributed by atoms with van der Waals surface area (Å²) >= 11 is 0. The molecule has 3 rings (SSSR count). The quantitative estimate of drug-likeness (QED) is 0.357. The normalized spacial score (nSPS) is 19.8. The average molecular weight is 417 g/mol. The predicted octanol–water partition coefficient (Wildman–Crippen LogP) is 9.24. The number of hydrogen-bond acceptors (Lipinski definition) is 0. The van der Waals surface area contributed by atoms with Crippen molar-refractivity contribution >= 4 is 0 Å². The summed E-state index contributed by atoms with van der Waals surface area (Å²) in [6, 6.07) is 12.2. The van der Waals surface area contributed by atoms with Crippen LogP contribution in [0.4, 0.5) is 13.2 Å². The second-order valence-corrected chi connectivity index (χ2v) is 9.13. The first-order valence-corrected chi connectivity index (χ1v) is 11.7. The lowest BCUT2D eigenvalue weighted by Gasteiger charge is -2.29. The van der Waals surface area contributed by atoms with Crippen LogP contribution in [-0.2, 0) is 5.92 Å². The molecule has 0 amide bonds. The Morgan fingerprint density at radius 1 is 0.833 bits per heavy atom. The number of halogens is 3. The molecular formula is C27H35F3. The van der Waals surface area contributed by atoms with Gasteiger partial charge in [-0.3, -0.25) is 0 Å². The van der Waals surface area contributed by atoms with E-state index in [-0.39, 0.29) is 0 Å². The molecule has 0 saturated heterocycles. The molecule has 0 aromatic heterocycles. The Balaban J connectivity index is 1.54. The van der Waals surface area contributed by atoms with Crippen molar-refractivity contribution in [2.75, 3.05) is 0 Å². The molecule has 0 heterocycles. The van der Waals surface area contributed by atoms with Crippen molar-refractivity contribution in [2.24, 2.45) is 5.92 Å². The number of alkyl halides is 2. The maximum Gasteiger partial charge on any atom is 0.273 e. The Hall–Kier alpha value is -1.77. The van der Waals surface area contributed by atoms with Crippen molar-refractivity contribution in [1.29, 1.82) is 0 Å². The maximum absolute atomic E-state index is 14.1. The molecule has 1 aliphatic rings. The average Bonchev–Trinajstić information content (AvgIpc) is 2.73. The summed E-state index contributed by atoms with van der Waals surface area (Å²) < 4.78 is 40.9. The van der Waals surface area contributed by atoms with Crippen LogP contribution in [0.15, 0.2) is 42.5 Å². The SMILES string of the molecule is CCCCCCC[C@H]1CC[C@H](c2ccc(-c3ccc(C(C)(F)F)c(F)c3)cc2)CC1. The van der Waals surface area contributed by atoms with Crippen molar-refractivity contribution in [1.82, 2.24) is 0 Å². The van der Waals surface area contributed by atoms with E-state index in [1.54, 1.807) is 6.07 Å². The number of rotatable bonds is 9. The molecule has 0 bridgehead atoms. The van der Waals surface area contributed by atoms with E-state index in [1.807, 2.05) is 12.1 Å². The van der Waals surface area contributed by atoms with Gasteiger partial charge in [0.1, 0.15) is 5.82 Å². The maximum atomic E-state index is 14.1. The predicted molar refractivity (Wildman–Crippen MR) is 119 cm³/mol. The van der Waals surface area contributed by atoms with Gasteiger partial charge in [-0.15, -0.1) is 0 Å². The lowest BCUT2D eigenvalue weighted by atomic mass is 9.77. The molecule has 0 radical (unpaired) electrons. The Labute approximate surface area is 179 Å². The molecule has 0 unspecified atom stereocenters. The highest BCUT2D eigenvalue weighted by atomic mass is 19.3. The van der Waals surface area contributed by atoms with E-state index in [1.165, 1.54) is 81.9 Å². The van der Waals surface area contributed by atoms with Crippen LogP contribution in [0, 0.1) is 11.7 Å². The van der Waals surface area contributed by atoms with Gasteiger partial charge in [-0.2, -0.15) is 0 Å². The van der Waals surface area contributed by atoms with E-state index < -0.39 is 17.3 Å². The van der Waals surface area contributed by atoms with Gasteiger partial charge >= 0.3 is 0 Å². The molecule has 0 nitrogen and oxygen atoms in total. The van der Waals surface area contributed by atoms with Crippen LogP contribution >= 0.6 is 0 Å². The van der Waals surface area contributed by atoms with E-state index >= 15 is 0 Å². The van der Waals surface area contributed by atoms with Crippen LogP contribution in [0.5, 0.6) is 0 Å². The fraction of sp³-hybridized carbons (Fsp3) is 0.556. The number of hydrogen-bond donors (Lipinski definition) is 0. The van der Waals surface area contributed by atoms with Crippen LogP contribution in [0.25, 0.3) is 11.1 Å². The summed E-state index contributed by atoms with van der Waals surface area (Å²) in [6.07, 6.45) is 13.3. The Bertz CT molecular complexity index is 781. The summed E-state index contributed by atoms with van der Waals surface area (Å²) in [5, 5.41) is 0. The molecule has 1 fully saturated rings. The first kappa shape index (κ1) is 22.9. The zero-order valence-corrected chi connectivity index (χ0v) is 18.4. The van der Waals surface area contributed by atoms with Gasteiger partial charge in [0, 0.05) is 6.92 Å². The number of unbranched alkanes of at least 4 members (excludes halogenated alkanes) is 4. The summed E-state index contributed by atoms with van der Waals surface area (Å²) in [4.78, 5) is 0. The van der Waals surface area contributed by atoms with Crippen molar-refractivity contribution in [3.05, 3.63) is 59.4 Å². The Morgan fingerprint density at radius 3 is 2.07 bits per heavy atom. The first-order valence-electron chi connectivity index (χ1n) is 11.7.